The first-order valence-corrected chi connectivity index (χ1v) is 13.0. The van der Waals surface area contributed by atoms with Crippen molar-refractivity contribution in [3.05, 3.63) is 45.7 Å². The van der Waals surface area contributed by atoms with Crippen LogP contribution in [0, 0.1) is 11.8 Å². The van der Waals surface area contributed by atoms with Crippen LogP contribution in [0.15, 0.2) is 34.5 Å². The predicted molar refractivity (Wildman–Crippen MR) is 141 cm³/mol. The number of aromatic nitrogens is 1. The van der Waals surface area contributed by atoms with Gasteiger partial charge in [0.1, 0.15) is 27.8 Å². The zero-order chi connectivity index (χ0) is 27.8. The lowest BCUT2D eigenvalue weighted by atomic mass is 9.57. The summed E-state index contributed by atoms with van der Waals surface area (Å²) >= 11 is 1.30. The number of aromatic hydroxyl groups is 1. The average molecular weight is 540 g/mol. The maximum atomic E-state index is 14.0. The van der Waals surface area contributed by atoms with Crippen LogP contribution in [-0.4, -0.2) is 87.5 Å². The van der Waals surface area contributed by atoms with Crippen LogP contribution in [0.1, 0.15) is 24.5 Å². The van der Waals surface area contributed by atoms with Gasteiger partial charge in [-0.3, -0.25) is 19.3 Å². The van der Waals surface area contributed by atoms with Crippen molar-refractivity contribution in [2.24, 2.45) is 11.8 Å². The molecule has 3 aliphatic carbocycles. The van der Waals surface area contributed by atoms with Gasteiger partial charge in [0.25, 0.3) is 0 Å². The van der Waals surface area contributed by atoms with Crippen LogP contribution in [0.25, 0.3) is 16.3 Å². The molecular weight excluding hydrogens is 510 g/mol. The number of anilines is 1. The molecule has 0 amide bonds. The summed E-state index contributed by atoms with van der Waals surface area (Å²) in [6.45, 7) is 1.09. The van der Waals surface area contributed by atoms with Crippen molar-refractivity contribution in [1.82, 2.24) is 9.88 Å². The maximum absolute atomic E-state index is 14.0. The third-order valence-corrected chi connectivity index (χ3v) is 8.75. The number of aliphatic hydroxyl groups is 3. The van der Waals surface area contributed by atoms with Crippen molar-refractivity contribution in [2.75, 3.05) is 33.1 Å². The van der Waals surface area contributed by atoms with Crippen molar-refractivity contribution >= 4 is 40.1 Å². The van der Waals surface area contributed by atoms with Crippen LogP contribution in [0.3, 0.4) is 0 Å². The summed E-state index contributed by atoms with van der Waals surface area (Å²) in [5.74, 6) is -5.81. The molecule has 1 saturated carbocycles. The van der Waals surface area contributed by atoms with Gasteiger partial charge in [-0.15, -0.1) is 11.3 Å². The SMILES string of the molecule is CC(=O)C1=C(O)[C@@]2(O)C(=O)C3=C(O)c4c(O)c(-c5nccs5)cc(N(C)C)c4C[C@H]3C[C@H]2[C@H](N(C)C)C1=O. The van der Waals surface area contributed by atoms with Crippen molar-refractivity contribution in [1.29, 1.82) is 0 Å². The summed E-state index contributed by atoms with van der Waals surface area (Å²) < 4.78 is 0. The molecule has 1 aromatic heterocycles. The number of Topliss-reactive ketones (excluding diaryl/α,β-unsaturated/α-hetero) is 3. The minimum absolute atomic E-state index is 0.0642. The average Bonchev–Trinajstić information content (AvgIpc) is 3.35. The van der Waals surface area contributed by atoms with Crippen molar-refractivity contribution in [3.63, 3.8) is 0 Å². The lowest BCUT2D eigenvalue weighted by Crippen LogP contribution is -2.65. The molecule has 38 heavy (non-hydrogen) atoms. The second-order valence-corrected chi connectivity index (χ2v) is 11.4. The van der Waals surface area contributed by atoms with Crippen LogP contribution < -0.4 is 4.90 Å². The Hall–Kier alpha value is -3.54. The molecule has 1 fully saturated rings. The van der Waals surface area contributed by atoms with Gasteiger partial charge in [-0.2, -0.15) is 0 Å². The van der Waals surface area contributed by atoms with E-state index in [1.807, 2.05) is 19.0 Å². The minimum atomic E-state index is -2.59. The smallest absolute Gasteiger partial charge is 0.202 e. The highest BCUT2D eigenvalue weighted by molar-refractivity contribution is 7.13. The summed E-state index contributed by atoms with van der Waals surface area (Å²) in [7, 11) is 6.87. The molecule has 1 heterocycles. The van der Waals surface area contributed by atoms with E-state index in [1.165, 1.54) is 16.2 Å². The largest absolute Gasteiger partial charge is 0.508 e. The number of aliphatic hydroxyl groups excluding tert-OH is 2. The highest BCUT2D eigenvalue weighted by atomic mass is 32.1. The molecule has 4 N–H and O–H groups in total. The quantitative estimate of drug-likeness (QED) is 0.426. The van der Waals surface area contributed by atoms with E-state index in [0.29, 0.717) is 21.8 Å². The molecule has 4 atom stereocenters. The Labute approximate surface area is 223 Å². The third kappa shape index (κ3) is 3.38. The normalized spacial score (nSPS) is 26.9. The van der Waals surface area contributed by atoms with E-state index < -0.39 is 57.9 Å². The molecule has 1 aromatic carbocycles. The van der Waals surface area contributed by atoms with E-state index in [-0.39, 0.29) is 29.7 Å². The van der Waals surface area contributed by atoms with E-state index >= 15 is 0 Å². The highest BCUT2D eigenvalue weighted by Gasteiger charge is 2.64. The maximum Gasteiger partial charge on any atom is 0.202 e. The first kappa shape index (κ1) is 26.1. The molecule has 0 bridgehead atoms. The standard InChI is InChI=1S/C27H29N3O7S/c1-11(31)17-23(34)20(30(4)5)15-9-12-8-13-16(29(2)3)10-14(26-28-6-7-38-26)21(32)19(13)22(33)18(12)25(36)27(15,37)24(17)35/h6-7,10,12,15,20,32-33,35,37H,8-9H2,1-5H3/t12-,15-,20-,27+/m0/s1. The van der Waals surface area contributed by atoms with Crippen molar-refractivity contribution < 1.29 is 34.8 Å². The number of hydrogen-bond donors (Lipinski definition) is 4. The van der Waals surface area contributed by atoms with E-state index in [9.17, 15) is 34.8 Å². The van der Waals surface area contributed by atoms with Gasteiger partial charge in [0.2, 0.25) is 5.78 Å². The van der Waals surface area contributed by atoms with Crippen LogP contribution >= 0.6 is 11.3 Å². The zero-order valence-corrected chi connectivity index (χ0v) is 22.5. The monoisotopic (exact) mass is 539 g/mol. The second-order valence-electron chi connectivity index (χ2n) is 10.5. The molecule has 0 unspecified atom stereocenters. The third-order valence-electron chi connectivity index (χ3n) is 7.95. The fourth-order valence-electron chi connectivity index (χ4n) is 6.31. The van der Waals surface area contributed by atoms with Gasteiger partial charge in [-0.25, -0.2) is 4.98 Å². The number of carbonyl (C=O) groups is 3. The van der Waals surface area contributed by atoms with Gasteiger partial charge in [0.05, 0.1) is 17.2 Å². The lowest BCUT2D eigenvalue weighted by Gasteiger charge is -2.50. The van der Waals surface area contributed by atoms with Gasteiger partial charge in [-0.05, 0) is 51.4 Å². The van der Waals surface area contributed by atoms with Gasteiger partial charge in [-0.1, -0.05) is 0 Å². The Bertz CT molecular complexity index is 1460. The summed E-state index contributed by atoms with van der Waals surface area (Å²) in [5, 5.41) is 47.9. The summed E-state index contributed by atoms with van der Waals surface area (Å²) in [4.78, 5) is 47.3. The first-order chi connectivity index (χ1) is 17.8. The Morgan fingerprint density at radius 3 is 2.39 bits per heavy atom. The number of carbonyl (C=O) groups excluding carboxylic acids is 3. The number of phenols is 1. The molecule has 0 aliphatic heterocycles. The summed E-state index contributed by atoms with van der Waals surface area (Å²) in [6, 6.07) is 0.741. The van der Waals surface area contributed by atoms with E-state index in [1.54, 1.807) is 31.7 Å². The number of likely N-dealkylation sites (N-methyl/N-ethyl adjacent to an activating group) is 1. The van der Waals surface area contributed by atoms with E-state index in [0.717, 1.165) is 6.92 Å². The number of nitrogens with zero attached hydrogens (tertiary/aromatic N) is 3. The molecule has 0 radical (unpaired) electrons. The number of ketones is 3. The Kier molecular flexibility index (Phi) is 6.01. The fourth-order valence-corrected chi connectivity index (χ4v) is 6.97. The minimum Gasteiger partial charge on any atom is -0.508 e. The molecule has 11 heteroatoms. The number of phenolic OH excluding ortho intramolecular Hbond substituents is 1. The highest BCUT2D eigenvalue weighted by Crippen LogP contribution is 2.55. The van der Waals surface area contributed by atoms with Crippen molar-refractivity contribution in [2.45, 2.75) is 31.4 Å². The van der Waals surface area contributed by atoms with Crippen LogP contribution in [0.5, 0.6) is 5.75 Å². The Balaban J connectivity index is 1.78. The van der Waals surface area contributed by atoms with Crippen molar-refractivity contribution in [3.8, 4) is 16.3 Å². The summed E-state index contributed by atoms with van der Waals surface area (Å²) in [6.07, 6.45) is 1.91. The first-order valence-electron chi connectivity index (χ1n) is 12.1. The lowest BCUT2D eigenvalue weighted by molar-refractivity contribution is -0.153. The second kappa shape index (κ2) is 8.75. The van der Waals surface area contributed by atoms with E-state index in [4.69, 9.17) is 0 Å². The molecule has 10 nitrogen and oxygen atoms in total. The Morgan fingerprint density at radius 2 is 1.84 bits per heavy atom. The zero-order valence-electron chi connectivity index (χ0n) is 21.6. The van der Waals surface area contributed by atoms with Gasteiger partial charge in [0.15, 0.2) is 17.2 Å². The van der Waals surface area contributed by atoms with E-state index in [2.05, 4.69) is 4.98 Å². The molecule has 3 aliphatic rings. The predicted octanol–water partition coefficient (Wildman–Crippen LogP) is 2.26. The topological polar surface area (TPSA) is 152 Å². The van der Waals surface area contributed by atoms with Crippen LogP contribution in [0.4, 0.5) is 5.69 Å². The number of rotatable bonds is 4. The fraction of sp³-hybridized carbons (Fsp3) is 0.407. The summed E-state index contributed by atoms with van der Waals surface area (Å²) in [5.41, 5.74) is -1.57. The van der Waals surface area contributed by atoms with Gasteiger partial charge < -0.3 is 25.3 Å². The number of thiazole rings is 1. The molecule has 0 saturated heterocycles. The molecule has 2 aromatic rings. The van der Waals surface area contributed by atoms with Gasteiger partial charge >= 0.3 is 0 Å². The number of benzene rings is 1. The van der Waals surface area contributed by atoms with Crippen LogP contribution in [0.2, 0.25) is 0 Å². The molecule has 5 rings (SSSR count). The van der Waals surface area contributed by atoms with Gasteiger partial charge in [0, 0.05) is 42.9 Å². The molecular formula is C27H29N3O7S. The van der Waals surface area contributed by atoms with Crippen LogP contribution in [-0.2, 0) is 20.8 Å². The Morgan fingerprint density at radius 1 is 1.16 bits per heavy atom. The molecule has 200 valence electrons. The number of fused-ring (bicyclic) bond motifs is 3. The molecule has 0 spiro atoms. The number of hydrogen-bond acceptors (Lipinski definition) is 11.